The number of imide groups is 1. The number of amides is 2. The van der Waals surface area contributed by atoms with Crippen molar-refractivity contribution in [1.29, 1.82) is 0 Å². The van der Waals surface area contributed by atoms with Gasteiger partial charge in [0, 0.05) is 12.2 Å². The molecule has 36 heavy (non-hydrogen) atoms. The Hall–Kier alpha value is -3.98. The van der Waals surface area contributed by atoms with Gasteiger partial charge in [-0.05, 0) is 72.7 Å². The third-order valence-corrected chi connectivity index (χ3v) is 6.30. The molecule has 1 aliphatic heterocycles. The van der Waals surface area contributed by atoms with Crippen molar-refractivity contribution < 1.29 is 23.5 Å². The van der Waals surface area contributed by atoms with Crippen molar-refractivity contribution in [3.05, 3.63) is 84.2 Å². The van der Waals surface area contributed by atoms with Crippen LogP contribution in [0.5, 0.6) is 11.5 Å². The summed E-state index contributed by atoms with van der Waals surface area (Å²) in [7, 11) is 3.14. The van der Waals surface area contributed by atoms with Gasteiger partial charge in [-0.2, -0.15) is 0 Å². The van der Waals surface area contributed by atoms with Crippen LogP contribution in [-0.2, 0) is 16.0 Å². The summed E-state index contributed by atoms with van der Waals surface area (Å²) in [5, 5.41) is 3.34. The van der Waals surface area contributed by atoms with E-state index in [1.807, 2.05) is 24.3 Å². The maximum Gasteiger partial charge on any atom is 0.257 e. The summed E-state index contributed by atoms with van der Waals surface area (Å²) in [6.45, 7) is 0.356. The third kappa shape index (κ3) is 5.46. The van der Waals surface area contributed by atoms with Gasteiger partial charge in [0.2, 0.25) is 5.91 Å². The van der Waals surface area contributed by atoms with Gasteiger partial charge in [0.1, 0.15) is 11.9 Å². The highest BCUT2D eigenvalue weighted by molar-refractivity contribution is 7.80. The zero-order valence-electron chi connectivity index (χ0n) is 19.9. The number of rotatable bonds is 8. The van der Waals surface area contributed by atoms with Crippen molar-refractivity contribution in [3.8, 4) is 11.5 Å². The number of para-hydroxylation sites is 1. The van der Waals surface area contributed by atoms with Crippen molar-refractivity contribution in [2.24, 2.45) is 0 Å². The molecule has 4 rings (SSSR count). The number of hydrogen-bond acceptors (Lipinski definition) is 5. The number of nitrogens with one attached hydrogen (secondary N) is 1. The molecule has 0 aromatic heterocycles. The van der Waals surface area contributed by atoms with Crippen LogP contribution in [0.4, 0.5) is 15.8 Å². The largest absolute Gasteiger partial charge is 0.493 e. The summed E-state index contributed by atoms with van der Waals surface area (Å²) in [5.74, 6) is 0.197. The summed E-state index contributed by atoms with van der Waals surface area (Å²) in [5.41, 5.74) is 2.04. The molecule has 9 heteroatoms. The molecule has 1 fully saturated rings. The van der Waals surface area contributed by atoms with E-state index in [4.69, 9.17) is 21.7 Å². The Morgan fingerprint density at radius 3 is 2.39 bits per heavy atom. The number of carbonyl (C=O) groups excluding carboxylic acids is 2. The summed E-state index contributed by atoms with van der Waals surface area (Å²) in [6.07, 6.45) is 0.514. The lowest BCUT2D eigenvalue weighted by molar-refractivity contribution is -0.122. The number of benzene rings is 3. The highest BCUT2D eigenvalue weighted by Gasteiger charge is 2.43. The van der Waals surface area contributed by atoms with Gasteiger partial charge in [-0.15, -0.1) is 0 Å². The minimum Gasteiger partial charge on any atom is -0.493 e. The molecule has 1 unspecified atom stereocenters. The maximum atomic E-state index is 13.4. The fourth-order valence-corrected chi connectivity index (χ4v) is 4.46. The zero-order chi connectivity index (χ0) is 25.7. The second-order valence-electron chi connectivity index (χ2n) is 8.19. The number of carbonyl (C=O) groups is 2. The number of halogens is 1. The molecule has 0 bridgehead atoms. The Kier molecular flexibility index (Phi) is 7.80. The Morgan fingerprint density at radius 2 is 1.72 bits per heavy atom. The van der Waals surface area contributed by atoms with E-state index in [2.05, 4.69) is 5.32 Å². The Bertz CT molecular complexity index is 1250. The first-order chi connectivity index (χ1) is 17.4. The molecule has 1 aliphatic rings. The van der Waals surface area contributed by atoms with Crippen LogP contribution in [0, 0.1) is 5.82 Å². The predicted molar refractivity (Wildman–Crippen MR) is 140 cm³/mol. The fourth-order valence-electron chi connectivity index (χ4n) is 4.12. The van der Waals surface area contributed by atoms with Crippen LogP contribution < -0.4 is 19.7 Å². The van der Waals surface area contributed by atoms with Crippen LogP contribution in [-0.4, -0.2) is 48.6 Å². The summed E-state index contributed by atoms with van der Waals surface area (Å²) >= 11 is 5.67. The quantitative estimate of drug-likeness (QED) is 0.358. The van der Waals surface area contributed by atoms with E-state index in [0.29, 0.717) is 35.8 Å². The number of thiocarbonyl (C=S) groups is 1. The molecule has 1 saturated heterocycles. The standard InChI is InChI=1S/C27H26FN3O4S/c1-34-23-13-8-18(16-24(23)35-2)14-15-30(27(36)29-20-11-9-19(28)10-12-20)22-17-25(32)31(26(22)33)21-6-4-3-5-7-21/h3-13,16,22H,14-15,17H2,1-2H3,(H,29,36). The first-order valence-corrected chi connectivity index (χ1v) is 11.8. The molecular formula is C27H26FN3O4S. The molecule has 3 aromatic rings. The first kappa shape index (κ1) is 25.1. The average Bonchev–Trinajstić information content (AvgIpc) is 3.19. The molecule has 7 nitrogen and oxygen atoms in total. The number of anilines is 2. The number of ether oxygens (including phenoxy) is 2. The smallest absolute Gasteiger partial charge is 0.257 e. The van der Waals surface area contributed by atoms with Crippen molar-refractivity contribution >= 4 is 40.5 Å². The fraction of sp³-hybridized carbons (Fsp3) is 0.222. The van der Waals surface area contributed by atoms with Crippen LogP contribution in [0.3, 0.4) is 0 Å². The molecule has 0 aliphatic carbocycles. The molecule has 2 amide bonds. The minimum atomic E-state index is -0.779. The van der Waals surface area contributed by atoms with Gasteiger partial charge >= 0.3 is 0 Å². The van der Waals surface area contributed by atoms with Crippen LogP contribution in [0.25, 0.3) is 0 Å². The van der Waals surface area contributed by atoms with Gasteiger partial charge in [-0.1, -0.05) is 24.3 Å². The van der Waals surface area contributed by atoms with Crippen molar-refractivity contribution in [2.45, 2.75) is 18.9 Å². The number of hydrogen-bond donors (Lipinski definition) is 1. The van der Waals surface area contributed by atoms with Crippen LogP contribution in [0.1, 0.15) is 12.0 Å². The average molecular weight is 508 g/mol. The second-order valence-corrected chi connectivity index (χ2v) is 8.58. The van der Waals surface area contributed by atoms with E-state index in [1.165, 1.54) is 17.0 Å². The van der Waals surface area contributed by atoms with Gasteiger partial charge in [-0.25, -0.2) is 9.29 Å². The van der Waals surface area contributed by atoms with E-state index in [0.717, 1.165) is 5.56 Å². The molecule has 3 aromatic carbocycles. The Morgan fingerprint density at radius 1 is 1.03 bits per heavy atom. The number of nitrogens with zero attached hydrogens (tertiary/aromatic N) is 2. The lowest BCUT2D eigenvalue weighted by Gasteiger charge is -2.30. The molecule has 0 radical (unpaired) electrons. The van der Waals surface area contributed by atoms with Crippen molar-refractivity contribution in [1.82, 2.24) is 4.90 Å². The van der Waals surface area contributed by atoms with E-state index < -0.39 is 6.04 Å². The van der Waals surface area contributed by atoms with E-state index >= 15 is 0 Å². The monoisotopic (exact) mass is 507 g/mol. The second kappa shape index (κ2) is 11.2. The predicted octanol–water partition coefficient (Wildman–Crippen LogP) is 4.42. The van der Waals surface area contributed by atoms with Gasteiger partial charge in [0.25, 0.3) is 5.91 Å². The normalized spacial score (nSPS) is 15.1. The molecule has 1 heterocycles. The third-order valence-electron chi connectivity index (χ3n) is 5.96. The van der Waals surface area contributed by atoms with Crippen LogP contribution >= 0.6 is 12.2 Å². The molecule has 0 spiro atoms. The molecular weight excluding hydrogens is 481 g/mol. The lowest BCUT2D eigenvalue weighted by Crippen LogP contribution is -2.48. The van der Waals surface area contributed by atoms with Gasteiger partial charge in [0.15, 0.2) is 16.6 Å². The van der Waals surface area contributed by atoms with Crippen molar-refractivity contribution in [3.63, 3.8) is 0 Å². The van der Waals surface area contributed by atoms with Gasteiger partial charge < -0.3 is 19.7 Å². The van der Waals surface area contributed by atoms with Gasteiger partial charge in [-0.3, -0.25) is 9.59 Å². The highest BCUT2D eigenvalue weighted by Crippen LogP contribution is 2.29. The molecule has 0 saturated carbocycles. The number of methoxy groups -OCH3 is 2. The zero-order valence-corrected chi connectivity index (χ0v) is 20.8. The molecule has 1 N–H and O–H groups in total. The molecule has 186 valence electrons. The molecule has 1 atom stereocenters. The topological polar surface area (TPSA) is 71.1 Å². The first-order valence-electron chi connectivity index (χ1n) is 11.4. The maximum absolute atomic E-state index is 13.4. The van der Waals surface area contributed by atoms with E-state index in [9.17, 15) is 14.0 Å². The Balaban J connectivity index is 1.59. The van der Waals surface area contributed by atoms with E-state index in [-0.39, 0.29) is 29.2 Å². The lowest BCUT2D eigenvalue weighted by atomic mass is 10.1. The summed E-state index contributed by atoms with van der Waals surface area (Å²) < 4.78 is 24.1. The Labute approximate surface area is 214 Å². The van der Waals surface area contributed by atoms with Crippen molar-refractivity contribution in [2.75, 3.05) is 31.0 Å². The summed E-state index contributed by atoms with van der Waals surface area (Å²) in [4.78, 5) is 29.3. The summed E-state index contributed by atoms with van der Waals surface area (Å²) in [6, 6.07) is 19.4. The van der Waals surface area contributed by atoms with E-state index in [1.54, 1.807) is 55.5 Å². The van der Waals surface area contributed by atoms with Crippen LogP contribution in [0.15, 0.2) is 72.8 Å². The minimum absolute atomic E-state index is 0.00903. The highest BCUT2D eigenvalue weighted by atomic mass is 32.1. The SMILES string of the molecule is COc1ccc(CCN(C(=S)Nc2ccc(F)cc2)C2CC(=O)N(c3ccccc3)C2=O)cc1OC. The van der Waals surface area contributed by atoms with Crippen LogP contribution in [0.2, 0.25) is 0 Å². The van der Waals surface area contributed by atoms with Gasteiger partial charge in [0.05, 0.1) is 26.3 Å².